The first kappa shape index (κ1) is 69.2. The van der Waals surface area contributed by atoms with Gasteiger partial charge in [0.25, 0.3) is 0 Å². The maximum atomic E-state index is 13.1. The van der Waals surface area contributed by atoms with Gasteiger partial charge >= 0.3 is 0 Å². The fraction of sp³-hybridized carbons (Fsp3) is 0.859. The zero-order valence-corrected chi connectivity index (χ0v) is 47.6. The number of hydrogen-bond donors (Lipinski definition) is 6. The van der Waals surface area contributed by atoms with Gasteiger partial charge in [-0.2, -0.15) is 0 Å². The van der Waals surface area contributed by atoms with Crippen LogP contribution < -0.4 is 5.32 Å². The molecule has 73 heavy (non-hydrogen) atoms. The molecule has 1 amide bonds. The molecule has 7 atom stereocenters. The fourth-order valence-corrected chi connectivity index (χ4v) is 9.89. The number of nitrogens with one attached hydrogen (secondary N) is 1. The zero-order chi connectivity index (χ0) is 52.9. The molecule has 9 nitrogen and oxygen atoms in total. The van der Waals surface area contributed by atoms with Crippen LogP contribution in [0.25, 0.3) is 0 Å². The van der Waals surface area contributed by atoms with Gasteiger partial charge in [-0.1, -0.05) is 268 Å². The summed E-state index contributed by atoms with van der Waals surface area (Å²) < 4.78 is 11.3. The second-order valence-electron chi connectivity index (χ2n) is 21.8. The smallest absolute Gasteiger partial charge is 0.220 e. The summed E-state index contributed by atoms with van der Waals surface area (Å²) in [6.45, 7) is 3.79. The number of allylic oxidation sites excluding steroid dienone is 7. The molecule has 1 rings (SSSR count). The second kappa shape index (κ2) is 53.5. The van der Waals surface area contributed by atoms with Crippen molar-refractivity contribution in [1.82, 2.24) is 5.32 Å². The van der Waals surface area contributed by atoms with Gasteiger partial charge in [-0.25, -0.2) is 0 Å². The number of hydrogen-bond acceptors (Lipinski definition) is 8. The number of aliphatic hydroxyl groups is 5. The lowest BCUT2D eigenvalue weighted by molar-refractivity contribution is -0.302. The van der Waals surface area contributed by atoms with Gasteiger partial charge in [-0.3, -0.25) is 4.79 Å². The Kier molecular flexibility index (Phi) is 50.7. The number of ether oxygens (including phenoxy) is 2. The Morgan fingerprint density at radius 2 is 0.781 bits per heavy atom. The molecule has 0 aliphatic carbocycles. The summed E-state index contributed by atoms with van der Waals surface area (Å²) in [4.78, 5) is 13.1. The average Bonchev–Trinajstić information content (AvgIpc) is 3.39. The Morgan fingerprint density at radius 1 is 0.452 bits per heavy atom. The molecule has 0 spiro atoms. The third-order valence-electron chi connectivity index (χ3n) is 14.9. The molecular formula is C64H119NO8. The van der Waals surface area contributed by atoms with Crippen LogP contribution in [0, 0.1) is 0 Å². The van der Waals surface area contributed by atoms with Gasteiger partial charge in [0.1, 0.15) is 24.4 Å². The minimum atomic E-state index is -1.58. The van der Waals surface area contributed by atoms with Crippen molar-refractivity contribution in [2.24, 2.45) is 0 Å². The highest BCUT2D eigenvalue weighted by molar-refractivity contribution is 5.76. The molecule has 1 aliphatic rings. The SMILES string of the molecule is CCCCCCCCCC/C=C\CCCCCCCCCCCCCCCCCCCC(=O)NC(COC1OC(CO)C(O)C(O)C1O)C(O)/C=C/CC/C=C/CC/C=C/CCCCCCCCCCCCC. The highest BCUT2D eigenvalue weighted by Crippen LogP contribution is 2.23. The Hall–Kier alpha value is -1.85. The van der Waals surface area contributed by atoms with E-state index in [1.54, 1.807) is 6.08 Å². The summed E-state index contributed by atoms with van der Waals surface area (Å²) in [6.07, 6.45) is 64.8. The molecule has 7 unspecified atom stereocenters. The number of carbonyl (C=O) groups is 1. The van der Waals surface area contributed by atoms with Crippen molar-refractivity contribution in [3.8, 4) is 0 Å². The summed E-state index contributed by atoms with van der Waals surface area (Å²) in [6, 6.07) is -0.828. The minimum Gasteiger partial charge on any atom is -0.394 e. The van der Waals surface area contributed by atoms with Gasteiger partial charge in [0.15, 0.2) is 6.29 Å². The van der Waals surface area contributed by atoms with E-state index in [1.165, 1.54) is 231 Å². The van der Waals surface area contributed by atoms with Crippen LogP contribution in [-0.4, -0.2) is 87.5 Å². The summed E-state index contributed by atoms with van der Waals surface area (Å²) in [5.41, 5.74) is 0. The number of unbranched alkanes of at least 4 members (excludes halogenated alkanes) is 38. The van der Waals surface area contributed by atoms with Crippen molar-refractivity contribution in [3.05, 3.63) is 48.6 Å². The fourth-order valence-electron chi connectivity index (χ4n) is 9.89. The molecule has 0 saturated carbocycles. The van der Waals surface area contributed by atoms with Crippen LogP contribution in [0.1, 0.15) is 296 Å². The Bertz CT molecular complexity index is 1290. The predicted molar refractivity (Wildman–Crippen MR) is 309 cm³/mol. The van der Waals surface area contributed by atoms with Crippen LogP contribution in [0.2, 0.25) is 0 Å². The molecule has 0 aromatic heterocycles. The van der Waals surface area contributed by atoms with E-state index in [0.717, 1.165) is 44.9 Å². The summed E-state index contributed by atoms with van der Waals surface area (Å²) >= 11 is 0. The molecule has 1 aliphatic heterocycles. The van der Waals surface area contributed by atoms with E-state index in [0.29, 0.717) is 6.42 Å². The largest absolute Gasteiger partial charge is 0.394 e. The molecule has 1 fully saturated rings. The Labute approximate surface area is 450 Å². The lowest BCUT2D eigenvalue weighted by atomic mass is 9.99. The normalized spacial score (nSPS) is 19.4. The van der Waals surface area contributed by atoms with Gasteiger partial charge in [0.2, 0.25) is 5.91 Å². The summed E-state index contributed by atoms with van der Waals surface area (Å²) in [5.74, 6) is -0.187. The molecular weight excluding hydrogens is 911 g/mol. The minimum absolute atomic E-state index is 0.187. The van der Waals surface area contributed by atoms with Crippen LogP contribution >= 0.6 is 0 Å². The van der Waals surface area contributed by atoms with E-state index in [4.69, 9.17) is 9.47 Å². The van der Waals surface area contributed by atoms with E-state index in [-0.39, 0.29) is 12.5 Å². The number of aliphatic hydroxyl groups excluding tert-OH is 5. The Balaban J connectivity index is 2.19. The summed E-state index contributed by atoms with van der Waals surface area (Å²) in [5, 5.41) is 54.6. The average molecular weight is 1030 g/mol. The van der Waals surface area contributed by atoms with Gasteiger partial charge < -0.3 is 40.3 Å². The molecule has 0 bridgehead atoms. The number of rotatable bonds is 54. The van der Waals surface area contributed by atoms with E-state index < -0.39 is 49.5 Å². The van der Waals surface area contributed by atoms with Gasteiger partial charge in [0.05, 0.1) is 25.4 Å². The van der Waals surface area contributed by atoms with Crippen LogP contribution in [0.3, 0.4) is 0 Å². The maximum absolute atomic E-state index is 13.1. The van der Waals surface area contributed by atoms with E-state index in [9.17, 15) is 30.3 Å². The van der Waals surface area contributed by atoms with Gasteiger partial charge in [-0.15, -0.1) is 0 Å². The first-order chi connectivity index (χ1) is 35.8. The quantitative estimate of drug-likeness (QED) is 0.0261. The monoisotopic (exact) mass is 1030 g/mol. The van der Waals surface area contributed by atoms with E-state index in [2.05, 4.69) is 55.6 Å². The molecule has 0 radical (unpaired) electrons. The van der Waals surface area contributed by atoms with Crippen LogP contribution in [0.5, 0.6) is 0 Å². The molecule has 6 N–H and O–H groups in total. The first-order valence-electron chi connectivity index (χ1n) is 31.4. The lowest BCUT2D eigenvalue weighted by Gasteiger charge is -2.40. The highest BCUT2D eigenvalue weighted by atomic mass is 16.7. The molecule has 9 heteroatoms. The van der Waals surface area contributed by atoms with Crippen LogP contribution in [0.4, 0.5) is 0 Å². The second-order valence-corrected chi connectivity index (χ2v) is 21.8. The highest BCUT2D eigenvalue weighted by Gasteiger charge is 2.44. The van der Waals surface area contributed by atoms with Crippen molar-refractivity contribution in [2.75, 3.05) is 13.2 Å². The maximum Gasteiger partial charge on any atom is 0.220 e. The molecule has 428 valence electrons. The molecule has 1 heterocycles. The van der Waals surface area contributed by atoms with Crippen molar-refractivity contribution in [3.63, 3.8) is 0 Å². The molecule has 0 aromatic rings. The van der Waals surface area contributed by atoms with Crippen molar-refractivity contribution in [2.45, 2.75) is 339 Å². The third-order valence-corrected chi connectivity index (χ3v) is 14.9. The molecule has 0 aromatic carbocycles. The van der Waals surface area contributed by atoms with E-state index >= 15 is 0 Å². The standard InChI is InChI=1S/C64H119NO8/c1-3-5-7-9-11-13-15-17-19-21-23-25-26-27-28-29-30-31-32-34-36-38-40-42-44-46-48-50-52-54-60(68)65-57(56-72-64-63(71)62(70)61(69)59(55-66)73-64)58(67)53-51-49-47-45-43-41-39-37-35-33-24-22-20-18-16-14-12-10-8-6-4-2/h21,23,35,37,43,45,51,53,57-59,61-64,66-67,69-71H,3-20,22,24-34,36,38-42,44,46-50,52,54-56H2,1-2H3,(H,65,68)/b23-21-,37-35+,45-43+,53-51+. The predicted octanol–water partition coefficient (Wildman–Crippen LogP) is 16.1. The van der Waals surface area contributed by atoms with Gasteiger partial charge in [0, 0.05) is 6.42 Å². The van der Waals surface area contributed by atoms with Crippen molar-refractivity contribution in [1.29, 1.82) is 0 Å². The lowest BCUT2D eigenvalue weighted by Crippen LogP contribution is -2.60. The van der Waals surface area contributed by atoms with E-state index in [1.807, 2.05) is 6.08 Å². The van der Waals surface area contributed by atoms with Crippen LogP contribution in [0.15, 0.2) is 48.6 Å². The zero-order valence-electron chi connectivity index (χ0n) is 47.6. The Morgan fingerprint density at radius 3 is 1.15 bits per heavy atom. The number of amides is 1. The molecule has 1 saturated heterocycles. The topological polar surface area (TPSA) is 149 Å². The van der Waals surface area contributed by atoms with Crippen molar-refractivity contribution >= 4 is 5.91 Å². The van der Waals surface area contributed by atoms with Gasteiger partial charge in [-0.05, 0) is 70.6 Å². The first-order valence-corrected chi connectivity index (χ1v) is 31.4. The summed E-state index contributed by atoms with van der Waals surface area (Å²) in [7, 11) is 0. The third kappa shape index (κ3) is 42.9. The number of carbonyl (C=O) groups excluding carboxylic acids is 1. The van der Waals surface area contributed by atoms with Crippen molar-refractivity contribution < 1.29 is 39.8 Å². The van der Waals surface area contributed by atoms with Crippen LogP contribution in [-0.2, 0) is 14.3 Å².